The largest absolute Gasteiger partial charge is 0.459 e. The lowest BCUT2D eigenvalue weighted by molar-refractivity contribution is -0.158. The molecular formula is C13H25NO3. The molecule has 4 heteroatoms. The third-order valence-electron chi connectivity index (χ3n) is 3.34. The Labute approximate surface area is 104 Å². The molecule has 1 saturated carbocycles. The summed E-state index contributed by atoms with van der Waals surface area (Å²) in [5, 5.41) is 9.06. The van der Waals surface area contributed by atoms with Crippen LogP contribution < -0.4 is 5.73 Å². The van der Waals surface area contributed by atoms with E-state index in [0.717, 1.165) is 25.7 Å². The van der Waals surface area contributed by atoms with Gasteiger partial charge in [-0.1, -0.05) is 0 Å². The molecule has 1 aliphatic rings. The summed E-state index contributed by atoms with van der Waals surface area (Å²) >= 11 is 0. The van der Waals surface area contributed by atoms with Gasteiger partial charge in [0.1, 0.15) is 11.6 Å². The van der Waals surface area contributed by atoms with Gasteiger partial charge >= 0.3 is 5.97 Å². The van der Waals surface area contributed by atoms with Gasteiger partial charge in [0.15, 0.2) is 0 Å². The van der Waals surface area contributed by atoms with Crippen molar-refractivity contribution >= 4 is 5.97 Å². The van der Waals surface area contributed by atoms with E-state index in [9.17, 15) is 4.79 Å². The molecule has 1 fully saturated rings. The fourth-order valence-corrected chi connectivity index (χ4v) is 2.29. The topological polar surface area (TPSA) is 72.5 Å². The predicted octanol–water partition coefficient (Wildman–Crippen LogP) is 1.45. The number of aliphatic hydroxyl groups excluding tert-OH is 1. The predicted molar refractivity (Wildman–Crippen MR) is 66.4 cm³/mol. The van der Waals surface area contributed by atoms with Gasteiger partial charge in [0.25, 0.3) is 0 Å². The molecule has 0 amide bonds. The molecule has 0 aromatic rings. The number of rotatable bonds is 3. The molecule has 1 rings (SSSR count). The third-order valence-corrected chi connectivity index (χ3v) is 3.34. The monoisotopic (exact) mass is 243 g/mol. The second kappa shape index (κ2) is 5.83. The SMILES string of the molecule is CC(C)(C)OC(=O)C(N)C1CCC(CO)CC1. The van der Waals surface area contributed by atoms with E-state index in [1.54, 1.807) is 0 Å². The summed E-state index contributed by atoms with van der Waals surface area (Å²) in [6.45, 7) is 5.79. The van der Waals surface area contributed by atoms with E-state index in [0.29, 0.717) is 5.92 Å². The smallest absolute Gasteiger partial charge is 0.323 e. The van der Waals surface area contributed by atoms with Crippen molar-refractivity contribution in [2.75, 3.05) is 6.61 Å². The van der Waals surface area contributed by atoms with Crippen LogP contribution in [0.2, 0.25) is 0 Å². The quantitative estimate of drug-likeness (QED) is 0.736. The highest BCUT2D eigenvalue weighted by Crippen LogP contribution is 2.30. The third kappa shape index (κ3) is 4.64. The van der Waals surface area contributed by atoms with Gasteiger partial charge < -0.3 is 15.6 Å². The van der Waals surface area contributed by atoms with Crippen molar-refractivity contribution in [1.29, 1.82) is 0 Å². The van der Waals surface area contributed by atoms with Crippen LogP contribution in [0.15, 0.2) is 0 Å². The van der Waals surface area contributed by atoms with Crippen molar-refractivity contribution in [2.24, 2.45) is 17.6 Å². The first-order chi connectivity index (χ1) is 7.83. The molecule has 17 heavy (non-hydrogen) atoms. The molecule has 0 saturated heterocycles. The highest BCUT2D eigenvalue weighted by atomic mass is 16.6. The van der Waals surface area contributed by atoms with Gasteiger partial charge in [-0.3, -0.25) is 4.79 Å². The molecule has 3 N–H and O–H groups in total. The van der Waals surface area contributed by atoms with Crippen LogP contribution in [0.4, 0.5) is 0 Å². The van der Waals surface area contributed by atoms with Crippen LogP contribution in [-0.2, 0) is 9.53 Å². The van der Waals surface area contributed by atoms with Gasteiger partial charge in [-0.2, -0.15) is 0 Å². The molecule has 100 valence electrons. The van der Waals surface area contributed by atoms with Crippen LogP contribution in [0, 0.1) is 11.8 Å². The number of esters is 1. The molecule has 0 aromatic carbocycles. The normalized spacial score (nSPS) is 27.6. The van der Waals surface area contributed by atoms with Gasteiger partial charge in [-0.05, 0) is 58.3 Å². The minimum absolute atomic E-state index is 0.202. The fourth-order valence-electron chi connectivity index (χ4n) is 2.29. The van der Waals surface area contributed by atoms with E-state index in [1.165, 1.54) is 0 Å². The maximum Gasteiger partial charge on any atom is 0.323 e. The average Bonchev–Trinajstić information content (AvgIpc) is 2.26. The molecule has 0 radical (unpaired) electrons. The minimum Gasteiger partial charge on any atom is -0.459 e. The molecule has 0 spiro atoms. The molecule has 1 atom stereocenters. The van der Waals surface area contributed by atoms with Crippen LogP contribution in [0.1, 0.15) is 46.5 Å². The first-order valence-corrected chi connectivity index (χ1v) is 6.43. The Morgan fingerprint density at radius 2 is 1.88 bits per heavy atom. The lowest BCUT2D eigenvalue weighted by atomic mass is 9.79. The first kappa shape index (κ1) is 14.5. The molecule has 1 aliphatic carbocycles. The van der Waals surface area contributed by atoms with Crippen molar-refractivity contribution in [3.63, 3.8) is 0 Å². The molecular weight excluding hydrogens is 218 g/mol. The van der Waals surface area contributed by atoms with E-state index >= 15 is 0 Å². The second-order valence-corrected chi connectivity index (χ2v) is 6.02. The summed E-state index contributed by atoms with van der Waals surface area (Å²) in [7, 11) is 0. The highest BCUT2D eigenvalue weighted by Gasteiger charge is 2.32. The Morgan fingerprint density at radius 1 is 1.35 bits per heavy atom. The van der Waals surface area contributed by atoms with E-state index in [2.05, 4.69) is 0 Å². The van der Waals surface area contributed by atoms with Gasteiger partial charge in [0.2, 0.25) is 0 Å². The Balaban J connectivity index is 2.43. The van der Waals surface area contributed by atoms with E-state index < -0.39 is 11.6 Å². The van der Waals surface area contributed by atoms with Crippen LogP contribution in [-0.4, -0.2) is 29.3 Å². The average molecular weight is 243 g/mol. The summed E-state index contributed by atoms with van der Waals surface area (Å²) in [5.41, 5.74) is 5.47. The summed E-state index contributed by atoms with van der Waals surface area (Å²) in [6, 6.07) is -0.520. The second-order valence-electron chi connectivity index (χ2n) is 6.02. The Hall–Kier alpha value is -0.610. The van der Waals surface area contributed by atoms with Crippen LogP contribution in [0.5, 0.6) is 0 Å². The van der Waals surface area contributed by atoms with Gasteiger partial charge in [0.05, 0.1) is 0 Å². The first-order valence-electron chi connectivity index (χ1n) is 6.43. The standard InChI is InChI=1S/C13H25NO3/c1-13(2,3)17-12(16)11(14)10-6-4-9(8-15)5-7-10/h9-11,15H,4-8,14H2,1-3H3. The van der Waals surface area contributed by atoms with Gasteiger partial charge in [-0.25, -0.2) is 0 Å². The molecule has 0 bridgehead atoms. The molecule has 1 unspecified atom stereocenters. The zero-order valence-corrected chi connectivity index (χ0v) is 11.1. The maximum absolute atomic E-state index is 11.8. The Kier molecular flexibility index (Phi) is 4.95. The molecule has 0 aliphatic heterocycles. The lowest BCUT2D eigenvalue weighted by Gasteiger charge is -2.31. The summed E-state index contributed by atoms with van der Waals surface area (Å²) in [4.78, 5) is 11.8. The molecule has 0 heterocycles. The summed E-state index contributed by atoms with van der Waals surface area (Å²) in [6.07, 6.45) is 3.73. The summed E-state index contributed by atoms with van der Waals surface area (Å²) in [5.74, 6) is 0.287. The van der Waals surface area contributed by atoms with Gasteiger partial charge in [-0.15, -0.1) is 0 Å². The van der Waals surface area contributed by atoms with E-state index in [-0.39, 0.29) is 18.5 Å². The molecule has 0 aromatic heterocycles. The molecule has 4 nitrogen and oxygen atoms in total. The number of hydrogen-bond donors (Lipinski definition) is 2. The van der Waals surface area contributed by atoms with Crippen LogP contribution in [0.25, 0.3) is 0 Å². The van der Waals surface area contributed by atoms with E-state index in [4.69, 9.17) is 15.6 Å². The highest BCUT2D eigenvalue weighted by molar-refractivity contribution is 5.76. The van der Waals surface area contributed by atoms with Gasteiger partial charge in [0, 0.05) is 6.61 Å². The van der Waals surface area contributed by atoms with Crippen molar-refractivity contribution in [2.45, 2.75) is 58.1 Å². The number of carbonyl (C=O) groups is 1. The number of hydrogen-bond acceptors (Lipinski definition) is 4. The fraction of sp³-hybridized carbons (Fsp3) is 0.923. The summed E-state index contributed by atoms with van der Waals surface area (Å²) < 4.78 is 5.29. The minimum atomic E-state index is -0.520. The van der Waals surface area contributed by atoms with Crippen molar-refractivity contribution in [3.05, 3.63) is 0 Å². The van der Waals surface area contributed by atoms with Crippen molar-refractivity contribution in [1.82, 2.24) is 0 Å². The van der Waals surface area contributed by atoms with Crippen LogP contribution in [0.3, 0.4) is 0 Å². The number of aliphatic hydroxyl groups is 1. The Bertz CT molecular complexity index is 252. The Morgan fingerprint density at radius 3 is 2.29 bits per heavy atom. The zero-order valence-electron chi connectivity index (χ0n) is 11.1. The number of nitrogens with two attached hydrogens (primary N) is 1. The van der Waals surface area contributed by atoms with Crippen molar-refractivity contribution < 1.29 is 14.6 Å². The maximum atomic E-state index is 11.8. The zero-order chi connectivity index (χ0) is 13.1. The van der Waals surface area contributed by atoms with E-state index in [1.807, 2.05) is 20.8 Å². The number of carbonyl (C=O) groups excluding carboxylic acids is 1. The van der Waals surface area contributed by atoms with Crippen molar-refractivity contribution in [3.8, 4) is 0 Å². The number of ether oxygens (including phenoxy) is 1. The van der Waals surface area contributed by atoms with Crippen LogP contribution >= 0.6 is 0 Å². The lowest BCUT2D eigenvalue weighted by Crippen LogP contribution is -2.43.